The predicted molar refractivity (Wildman–Crippen MR) is 102 cm³/mol. The fourth-order valence-electron chi connectivity index (χ4n) is 3.09. The lowest BCUT2D eigenvalue weighted by Crippen LogP contribution is -2.14. The molecule has 2 aromatic carbocycles. The maximum absolute atomic E-state index is 13.1. The van der Waals surface area contributed by atoms with Crippen LogP contribution >= 0.6 is 11.8 Å². The Morgan fingerprint density at radius 3 is 2.60 bits per heavy atom. The molecule has 25 heavy (non-hydrogen) atoms. The first-order chi connectivity index (χ1) is 12.1. The number of ketones is 1. The van der Waals surface area contributed by atoms with E-state index in [9.17, 15) is 4.79 Å². The van der Waals surface area contributed by atoms with Gasteiger partial charge in [0, 0.05) is 27.5 Å². The number of fused-ring (bicyclic) bond motifs is 2. The van der Waals surface area contributed by atoms with Gasteiger partial charge in [-0.05, 0) is 26.0 Å². The summed E-state index contributed by atoms with van der Waals surface area (Å²) >= 11 is 1.48. The van der Waals surface area contributed by atoms with Crippen molar-refractivity contribution in [2.45, 2.75) is 24.1 Å². The normalized spacial score (nSPS) is 12.6. The minimum atomic E-state index is -0.240. The van der Waals surface area contributed by atoms with Crippen LogP contribution in [0.1, 0.15) is 23.0 Å². The summed E-state index contributed by atoms with van der Waals surface area (Å²) in [5, 5.41) is 2.55. The van der Waals surface area contributed by atoms with Gasteiger partial charge in [0.05, 0.1) is 10.8 Å². The zero-order valence-electron chi connectivity index (χ0n) is 14.0. The lowest BCUT2D eigenvalue weighted by Gasteiger charge is -2.11. The van der Waals surface area contributed by atoms with Crippen LogP contribution in [0.4, 0.5) is 0 Å². The zero-order chi connectivity index (χ0) is 17.4. The molecule has 0 aliphatic carbocycles. The largest absolute Gasteiger partial charge is 0.358 e. The number of benzene rings is 2. The van der Waals surface area contributed by atoms with Gasteiger partial charge in [-0.2, -0.15) is 0 Å². The Morgan fingerprint density at radius 2 is 1.76 bits per heavy atom. The van der Waals surface area contributed by atoms with Gasteiger partial charge in [-0.25, -0.2) is 9.97 Å². The molecule has 2 aromatic heterocycles. The van der Waals surface area contributed by atoms with Crippen LogP contribution < -0.4 is 0 Å². The Morgan fingerprint density at radius 1 is 1.04 bits per heavy atom. The summed E-state index contributed by atoms with van der Waals surface area (Å²) in [4.78, 5) is 25.1. The second-order valence-electron chi connectivity index (χ2n) is 5.99. The molecule has 4 aromatic rings. The number of para-hydroxylation sites is 2. The third kappa shape index (κ3) is 2.81. The Balaban J connectivity index is 1.69. The van der Waals surface area contributed by atoms with Crippen molar-refractivity contribution in [2.24, 2.45) is 0 Å². The minimum absolute atomic E-state index is 0.114. The summed E-state index contributed by atoms with van der Waals surface area (Å²) in [6, 6.07) is 15.8. The van der Waals surface area contributed by atoms with E-state index in [1.165, 1.54) is 11.8 Å². The number of carbonyl (C=O) groups excluding carboxylic acids is 1. The van der Waals surface area contributed by atoms with Crippen molar-refractivity contribution in [1.29, 1.82) is 0 Å². The second kappa shape index (κ2) is 6.33. The van der Waals surface area contributed by atoms with Gasteiger partial charge in [0.2, 0.25) is 0 Å². The van der Waals surface area contributed by atoms with Gasteiger partial charge in [0.15, 0.2) is 5.78 Å². The Bertz CT molecular complexity index is 1080. The molecule has 0 aliphatic rings. The molecule has 0 spiro atoms. The van der Waals surface area contributed by atoms with Crippen LogP contribution in [0.5, 0.6) is 0 Å². The number of aromatic amines is 1. The fourth-order valence-corrected chi connectivity index (χ4v) is 4.06. The van der Waals surface area contributed by atoms with Crippen molar-refractivity contribution in [3.8, 4) is 0 Å². The molecular formula is C20H17N3OS. The fraction of sp³-hybridized carbons (Fsp3) is 0.150. The highest BCUT2D eigenvalue weighted by Gasteiger charge is 2.23. The van der Waals surface area contributed by atoms with E-state index in [1.54, 1.807) is 6.33 Å². The van der Waals surface area contributed by atoms with Gasteiger partial charge in [0.1, 0.15) is 11.4 Å². The number of thioether (sulfide) groups is 1. The number of carbonyl (C=O) groups is 1. The van der Waals surface area contributed by atoms with E-state index in [0.29, 0.717) is 0 Å². The van der Waals surface area contributed by atoms with E-state index >= 15 is 0 Å². The van der Waals surface area contributed by atoms with E-state index in [-0.39, 0.29) is 11.0 Å². The molecule has 4 rings (SSSR count). The van der Waals surface area contributed by atoms with Gasteiger partial charge >= 0.3 is 0 Å². The van der Waals surface area contributed by atoms with Crippen molar-refractivity contribution >= 4 is 39.4 Å². The highest BCUT2D eigenvalue weighted by Crippen LogP contribution is 2.31. The zero-order valence-corrected chi connectivity index (χ0v) is 14.8. The van der Waals surface area contributed by atoms with Gasteiger partial charge in [-0.3, -0.25) is 4.79 Å². The van der Waals surface area contributed by atoms with E-state index in [1.807, 2.05) is 62.4 Å². The van der Waals surface area contributed by atoms with Crippen molar-refractivity contribution in [2.75, 3.05) is 0 Å². The van der Waals surface area contributed by atoms with Crippen LogP contribution in [0, 0.1) is 6.92 Å². The molecule has 0 radical (unpaired) electrons. The van der Waals surface area contributed by atoms with Crippen LogP contribution in [-0.2, 0) is 0 Å². The molecule has 0 unspecified atom stereocenters. The molecule has 124 valence electrons. The van der Waals surface area contributed by atoms with Gasteiger partial charge in [-0.15, -0.1) is 0 Å². The third-order valence-electron chi connectivity index (χ3n) is 4.30. The van der Waals surface area contributed by atoms with Crippen LogP contribution in [-0.4, -0.2) is 26.0 Å². The average Bonchev–Trinajstić information content (AvgIpc) is 2.97. The highest BCUT2D eigenvalue weighted by atomic mass is 32.2. The number of nitrogens with one attached hydrogen (secondary N) is 1. The molecule has 0 saturated heterocycles. The number of rotatable bonds is 4. The standard InChI is InChI=1S/C20H17N3OS/c1-12-18(14-7-3-6-10-17(14)23-12)19(24)13(2)25-20-15-8-4-5-9-16(15)21-11-22-20/h3-11,13,23H,1-2H3/t13-/m1/s1. The Labute approximate surface area is 149 Å². The molecular weight excluding hydrogens is 330 g/mol. The topological polar surface area (TPSA) is 58.6 Å². The second-order valence-corrected chi connectivity index (χ2v) is 7.32. The first-order valence-corrected chi connectivity index (χ1v) is 9.01. The monoisotopic (exact) mass is 347 g/mol. The number of aromatic nitrogens is 3. The molecule has 0 saturated carbocycles. The number of hydrogen-bond acceptors (Lipinski definition) is 4. The number of aryl methyl sites for hydroxylation is 1. The maximum atomic E-state index is 13.1. The minimum Gasteiger partial charge on any atom is -0.358 e. The van der Waals surface area contributed by atoms with Crippen LogP contribution in [0.15, 0.2) is 59.9 Å². The summed E-state index contributed by atoms with van der Waals surface area (Å²) in [5.74, 6) is 0.114. The van der Waals surface area contributed by atoms with Crippen LogP contribution in [0.3, 0.4) is 0 Å². The highest BCUT2D eigenvalue weighted by molar-refractivity contribution is 8.00. The first-order valence-electron chi connectivity index (χ1n) is 8.13. The Hall–Kier alpha value is -2.66. The van der Waals surface area contributed by atoms with Crippen LogP contribution in [0.25, 0.3) is 21.8 Å². The first kappa shape index (κ1) is 15.8. The molecule has 1 atom stereocenters. The Kier molecular flexibility index (Phi) is 4.01. The third-order valence-corrected chi connectivity index (χ3v) is 5.42. The van der Waals surface area contributed by atoms with Gasteiger partial charge < -0.3 is 4.98 Å². The number of Topliss-reactive ketones (excluding diaryl/α,β-unsaturated/α-hetero) is 1. The van der Waals surface area contributed by atoms with E-state index in [0.717, 1.165) is 38.1 Å². The predicted octanol–water partition coefficient (Wildman–Crippen LogP) is 4.78. The molecule has 2 heterocycles. The smallest absolute Gasteiger partial charge is 0.178 e. The summed E-state index contributed by atoms with van der Waals surface area (Å²) in [7, 11) is 0. The van der Waals surface area contributed by atoms with E-state index in [2.05, 4.69) is 15.0 Å². The summed E-state index contributed by atoms with van der Waals surface area (Å²) in [6.45, 7) is 3.88. The summed E-state index contributed by atoms with van der Waals surface area (Å²) in [6.07, 6.45) is 1.55. The lowest BCUT2D eigenvalue weighted by atomic mass is 10.1. The lowest BCUT2D eigenvalue weighted by molar-refractivity contribution is 0.0995. The van der Waals surface area contributed by atoms with Gasteiger partial charge in [-0.1, -0.05) is 48.2 Å². The molecule has 1 N–H and O–H groups in total. The molecule has 0 aliphatic heterocycles. The average molecular weight is 347 g/mol. The SMILES string of the molecule is Cc1[nH]c2ccccc2c1C(=O)[C@@H](C)Sc1ncnc2ccccc12. The molecule has 0 fully saturated rings. The van der Waals surface area contributed by atoms with E-state index < -0.39 is 0 Å². The molecule has 4 nitrogen and oxygen atoms in total. The molecule has 5 heteroatoms. The number of nitrogens with zero attached hydrogens (tertiary/aromatic N) is 2. The number of hydrogen-bond donors (Lipinski definition) is 1. The number of H-pyrrole nitrogens is 1. The maximum Gasteiger partial charge on any atom is 0.178 e. The van der Waals surface area contributed by atoms with Gasteiger partial charge in [0.25, 0.3) is 0 Å². The van der Waals surface area contributed by atoms with Crippen molar-refractivity contribution in [1.82, 2.24) is 15.0 Å². The molecule has 0 amide bonds. The summed E-state index contributed by atoms with van der Waals surface area (Å²) < 4.78 is 0. The van der Waals surface area contributed by atoms with Crippen molar-refractivity contribution in [3.63, 3.8) is 0 Å². The van der Waals surface area contributed by atoms with Crippen molar-refractivity contribution < 1.29 is 4.79 Å². The van der Waals surface area contributed by atoms with E-state index in [4.69, 9.17) is 0 Å². The van der Waals surface area contributed by atoms with Crippen molar-refractivity contribution in [3.05, 3.63) is 66.1 Å². The molecule has 0 bridgehead atoms. The van der Waals surface area contributed by atoms with Crippen LogP contribution in [0.2, 0.25) is 0 Å². The summed E-state index contributed by atoms with van der Waals surface area (Å²) in [5.41, 5.74) is 3.57. The quantitative estimate of drug-likeness (QED) is 0.328.